The number of hydrogen-bond acceptors (Lipinski definition) is 6. The molecule has 2 amide bonds. The Kier molecular flexibility index (Phi) is 8.14. The SMILES string of the molecule is CC(=O)Nc1ccc(S(=O)(=O)N[C@@H](C)C(=O)OC(C)C(=O)Nc2ccccc2Cl)cc1. The third kappa shape index (κ3) is 7.06. The summed E-state index contributed by atoms with van der Waals surface area (Å²) in [5.41, 5.74) is 0.783. The van der Waals surface area contributed by atoms with E-state index in [0.717, 1.165) is 0 Å². The van der Waals surface area contributed by atoms with Gasteiger partial charge in [0.05, 0.1) is 15.6 Å². The van der Waals surface area contributed by atoms with Crippen molar-refractivity contribution in [3.05, 3.63) is 53.6 Å². The molecule has 2 aromatic carbocycles. The maximum Gasteiger partial charge on any atom is 0.324 e. The Bertz CT molecular complexity index is 1070. The fourth-order valence-corrected chi connectivity index (χ4v) is 3.77. The van der Waals surface area contributed by atoms with Crippen LogP contribution in [0.3, 0.4) is 0 Å². The molecule has 0 bridgehead atoms. The highest BCUT2D eigenvalue weighted by Crippen LogP contribution is 2.21. The van der Waals surface area contributed by atoms with Crippen molar-refractivity contribution in [3.63, 3.8) is 0 Å². The van der Waals surface area contributed by atoms with Gasteiger partial charge < -0.3 is 15.4 Å². The highest BCUT2D eigenvalue weighted by atomic mass is 35.5. The van der Waals surface area contributed by atoms with Gasteiger partial charge in [-0.1, -0.05) is 23.7 Å². The van der Waals surface area contributed by atoms with Crippen molar-refractivity contribution in [3.8, 4) is 0 Å². The maximum absolute atomic E-state index is 12.5. The van der Waals surface area contributed by atoms with Crippen LogP contribution in [0.2, 0.25) is 5.02 Å². The summed E-state index contributed by atoms with van der Waals surface area (Å²) in [6.45, 7) is 3.98. The number of hydrogen-bond donors (Lipinski definition) is 3. The third-order valence-electron chi connectivity index (χ3n) is 3.96. The second-order valence-corrected chi connectivity index (χ2v) is 8.72. The second kappa shape index (κ2) is 10.4. The number of sulfonamides is 1. The zero-order valence-corrected chi connectivity index (χ0v) is 18.6. The van der Waals surface area contributed by atoms with Crippen molar-refractivity contribution in [1.29, 1.82) is 0 Å². The average molecular weight is 468 g/mol. The molecule has 0 radical (unpaired) electrons. The van der Waals surface area contributed by atoms with Crippen molar-refractivity contribution in [1.82, 2.24) is 4.72 Å². The van der Waals surface area contributed by atoms with E-state index in [1.165, 1.54) is 45.0 Å². The van der Waals surface area contributed by atoms with E-state index in [4.69, 9.17) is 16.3 Å². The molecule has 11 heteroatoms. The molecule has 0 fully saturated rings. The molecule has 31 heavy (non-hydrogen) atoms. The minimum atomic E-state index is -4.04. The normalized spacial score (nSPS) is 13.0. The number of para-hydroxylation sites is 1. The van der Waals surface area contributed by atoms with Crippen molar-refractivity contribution >= 4 is 50.8 Å². The van der Waals surface area contributed by atoms with Gasteiger partial charge >= 0.3 is 5.97 Å². The number of rotatable bonds is 8. The molecule has 0 aliphatic carbocycles. The van der Waals surface area contributed by atoms with E-state index in [1.54, 1.807) is 24.3 Å². The third-order valence-corrected chi connectivity index (χ3v) is 5.85. The number of amides is 2. The Hall–Kier alpha value is -2.95. The number of benzene rings is 2. The molecular weight excluding hydrogens is 446 g/mol. The summed E-state index contributed by atoms with van der Waals surface area (Å²) in [4.78, 5) is 35.4. The minimum absolute atomic E-state index is 0.106. The minimum Gasteiger partial charge on any atom is -0.451 e. The first-order valence-electron chi connectivity index (χ1n) is 9.15. The molecule has 166 valence electrons. The quantitative estimate of drug-likeness (QED) is 0.511. The molecule has 0 saturated carbocycles. The monoisotopic (exact) mass is 467 g/mol. The molecule has 0 spiro atoms. The first-order valence-corrected chi connectivity index (χ1v) is 11.0. The number of carbonyl (C=O) groups excluding carboxylic acids is 3. The maximum atomic E-state index is 12.5. The van der Waals surface area contributed by atoms with Crippen molar-refractivity contribution in [2.45, 2.75) is 37.8 Å². The van der Waals surface area contributed by atoms with E-state index < -0.39 is 34.0 Å². The Morgan fingerprint density at radius 3 is 2.16 bits per heavy atom. The largest absolute Gasteiger partial charge is 0.451 e. The molecule has 0 saturated heterocycles. The smallest absolute Gasteiger partial charge is 0.324 e. The van der Waals surface area contributed by atoms with Gasteiger partial charge in [0.25, 0.3) is 5.91 Å². The molecular formula is C20H22ClN3O6S. The molecule has 0 aliphatic heterocycles. The van der Waals surface area contributed by atoms with E-state index in [0.29, 0.717) is 16.4 Å². The van der Waals surface area contributed by atoms with Crippen LogP contribution in [-0.4, -0.2) is 38.3 Å². The van der Waals surface area contributed by atoms with Crippen LogP contribution in [-0.2, 0) is 29.1 Å². The molecule has 2 atom stereocenters. The lowest BCUT2D eigenvalue weighted by atomic mass is 10.3. The van der Waals surface area contributed by atoms with E-state index >= 15 is 0 Å². The van der Waals surface area contributed by atoms with Crippen LogP contribution < -0.4 is 15.4 Å². The highest BCUT2D eigenvalue weighted by molar-refractivity contribution is 7.89. The lowest BCUT2D eigenvalue weighted by Gasteiger charge is -2.18. The number of halogens is 1. The number of anilines is 2. The zero-order valence-electron chi connectivity index (χ0n) is 17.0. The summed E-state index contributed by atoms with van der Waals surface area (Å²) < 4.78 is 32.2. The van der Waals surface area contributed by atoms with Crippen LogP contribution in [0.1, 0.15) is 20.8 Å². The Morgan fingerprint density at radius 1 is 0.968 bits per heavy atom. The molecule has 2 aromatic rings. The van der Waals surface area contributed by atoms with Crippen LogP contribution in [0.15, 0.2) is 53.4 Å². The lowest BCUT2D eigenvalue weighted by Crippen LogP contribution is -2.42. The molecule has 1 unspecified atom stereocenters. The predicted molar refractivity (Wildman–Crippen MR) is 116 cm³/mol. The molecule has 3 N–H and O–H groups in total. The van der Waals surface area contributed by atoms with Crippen LogP contribution >= 0.6 is 11.6 Å². The summed E-state index contributed by atoms with van der Waals surface area (Å²) in [5.74, 6) is -1.84. The van der Waals surface area contributed by atoms with Crippen LogP contribution in [0.4, 0.5) is 11.4 Å². The summed E-state index contributed by atoms with van der Waals surface area (Å²) >= 11 is 5.97. The van der Waals surface area contributed by atoms with Gasteiger partial charge in [-0.3, -0.25) is 14.4 Å². The van der Waals surface area contributed by atoms with Gasteiger partial charge in [0.1, 0.15) is 6.04 Å². The van der Waals surface area contributed by atoms with Crippen LogP contribution in [0.5, 0.6) is 0 Å². The molecule has 0 heterocycles. The average Bonchev–Trinajstić information content (AvgIpc) is 2.69. The van der Waals surface area contributed by atoms with Gasteiger partial charge in [-0.15, -0.1) is 0 Å². The molecule has 0 aromatic heterocycles. The van der Waals surface area contributed by atoms with Gasteiger partial charge in [-0.05, 0) is 50.2 Å². The first kappa shape index (κ1) is 24.3. The lowest BCUT2D eigenvalue weighted by molar-refractivity contribution is -0.154. The van der Waals surface area contributed by atoms with Crippen molar-refractivity contribution < 1.29 is 27.5 Å². The summed E-state index contributed by atoms with van der Waals surface area (Å²) in [6, 6.07) is 10.7. The van der Waals surface area contributed by atoms with Gasteiger partial charge in [0, 0.05) is 12.6 Å². The molecule has 2 rings (SSSR count). The van der Waals surface area contributed by atoms with E-state index in [2.05, 4.69) is 15.4 Å². The van der Waals surface area contributed by atoms with Gasteiger partial charge in [-0.2, -0.15) is 4.72 Å². The molecule has 9 nitrogen and oxygen atoms in total. The molecule has 0 aliphatic rings. The van der Waals surface area contributed by atoms with Crippen molar-refractivity contribution in [2.75, 3.05) is 10.6 Å². The summed E-state index contributed by atoms with van der Waals surface area (Å²) in [6.07, 6.45) is -1.19. The van der Waals surface area contributed by atoms with Crippen LogP contribution in [0.25, 0.3) is 0 Å². The predicted octanol–water partition coefficient (Wildman–Crippen LogP) is 2.54. The number of ether oxygens (including phenoxy) is 1. The topological polar surface area (TPSA) is 131 Å². The number of esters is 1. The Labute approximate surface area is 185 Å². The first-order chi connectivity index (χ1) is 14.5. The Balaban J connectivity index is 1.96. The van der Waals surface area contributed by atoms with E-state index in [1.807, 2.05) is 0 Å². The van der Waals surface area contributed by atoms with Gasteiger partial charge in [-0.25, -0.2) is 8.42 Å². The summed E-state index contributed by atoms with van der Waals surface area (Å²) in [7, 11) is -4.04. The van der Waals surface area contributed by atoms with E-state index in [-0.39, 0.29) is 10.8 Å². The van der Waals surface area contributed by atoms with Crippen molar-refractivity contribution in [2.24, 2.45) is 0 Å². The summed E-state index contributed by atoms with van der Waals surface area (Å²) in [5, 5.41) is 5.37. The number of carbonyl (C=O) groups is 3. The second-order valence-electron chi connectivity index (χ2n) is 6.60. The number of nitrogens with one attached hydrogen (secondary N) is 3. The fraction of sp³-hybridized carbons (Fsp3) is 0.250. The van der Waals surface area contributed by atoms with Gasteiger partial charge in [0.15, 0.2) is 6.10 Å². The Morgan fingerprint density at radius 2 is 1.58 bits per heavy atom. The van der Waals surface area contributed by atoms with Crippen LogP contribution in [0, 0.1) is 0 Å². The fourth-order valence-electron chi connectivity index (χ4n) is 2.40. The van der Waals surface area contributed by atoms with Gasteiger partial charge in [0.2, 0.25) is 15.9 Å². The van der Waals surface area contributed by atoms with E-state index in [9.17, 15) is 22.8 Å². The highest BCUT2D eigenvalue weighted by Gasteiger charge is 2.26. The zero-order chi connectivity index (χ0) is 23.2. The standard InChI is InChI=1S/C20H22ClN3O6S/c1-12(24-31(28,29)16-10-8-15(9-11-16)22-14(3)25)20(27)30-13(2)19(26)23-18-7-5-4-6-17(18)21/h4-13,24H,1-3H3,(H,22,25)(H,23,26)/t12-,13?/m0/s1.